The third-order valence-electron chi connectivity index (χ3n) is 4.26. The van der Waals surface area contributed by atoms with Crippen LogP contribution in [0.1, 0.15) is 18.9 Å². The number of aliphatic hydroxyl groups excluding tert-OH is 4. The van der Waals surface area contributed by atoms with Crippen LogP contribution in [0.2, 0.25) is 0 Å². The summed E-state index contributed by atoms with van der Waals surface area (Å²) in [6.07, 6.45) is -5.30. The molecule has 0 aliphatic carbocycles. The molecule has 0 spiro atoms. The maximum Gasteiger partial charge on any atom is 0.197 e. The highest BCUT2D eigenvalue weighted by Gasteiger charge is 2.53. The maximum absolute atomic E-state index is 10.3. The van der Waals surface area contributed by atoms with E-state index < -0.39 is 36.8 Å². The third kappa shape index (κ3) is 3.49. The maximum atomic E-state index is 10.3. The lowest BCUT2D eigenvalue weighted by Crippen LogP contribution is -2.65. The molecule has 8 nitrogen and oxygen atoms in total. The molecule has 1 fully saturated rings. The molecular weight excluding hydrogens is 320 g/mol. The van der Waals surface area contributed by atoms with E-state index in [4.69, 9.17) is 14.2 Å². The van der Waals surface area contributed by atoms with E-state index in [2.05, 4.69) is 0 Å². The van der Waals surface area contributed by atoms with E-state index in [0.29, 0.717) is 5.56 Å². The largest absolute Gasteiger partial charge is 0.504 e. The molecule has 1 aromatic rings. The van der Waals surface area contributed by atoms with Gasteiger partial charge in [0, 0.05) is 6.42 Å². The molecule has 0 bridgehead atoms. The van der Waals surface area contributed by atoms with Crippen molar-refractivity contribution in [1.29, 1.82) is 0 Å². The average Bonchev–Trinajstić information content (AvgIpc) is 2.60. The zero-order valence-corrected chi connectivity index (χ0v) is 13.6. The Balaban J connectivity index is 2.18. The minimum absolute atomic E-state index is 0.00248. The van der Waals surface area contributed by atoms with Gasteiger partial charge in [-0.05, 0) is 17.7 Å². The van der Waals surface area contributed by atoms with Crippen molar-refractivity contribution in [2.75, 3.05) is 13.7 Å². The molecule has 2 rings (SSSR count). The van der Waals surface area contributed by atoms with Crippen LogP contribution in [0, 0.1) is 0 Å². The molecule has 1 aliphatic heterocycles. The van der Waals surface area contributed by atoms with Crippen LogP contribution in [-0.2, 0) is 16.1 Å². The predicted octanol–water partition coefficient (Wildman–Crippen LogP) is -0.503. The highest BCUT2D eigenvalue weighted by molar-refractivity contribution is 5.41. The van der Waals surface area contributed by atoms with Gasteiger partial charge in [-0.1, -0.05) is 13.0 Å². The number of benzene rings is 1. The van der Waals surface area contributed by atoms with Gasteiger partial charge in [0.1, 0.15) is 24.4 Å². The van der Waals surface area contributed by atoms with Gasteiger partial charge < -0.3 is 39.7 Å². The van der Waals surface area contributed by atoms with Gasteiger partial charge >= 0.3 is 0 Å². The second kappa shape index (κ2) is 7.64. The minimum Gasteiger partial charge on any atom is -0.504 e. The Labute approximate surface area is 139 Å². The van der Waals surface area contributed by atoms with Gasteiger partial charge in [0.15, 0.2) is 17.3 Å². The summed E-state index contributed by atoms with van der Waals surface area (Å²) in [5.41, 5.74) is 0.648. The summed E-state index contributed by atoms with van der Waals surface area (Å²) in [7, 11) is 1.42. The Kier molecular flexibility index (Phi) is 6.02. The number of aliphatic hydroxyl groups is 4. The molecule has 5 N–H and O–H groups in total. The first-order chi connectivity index (χ1) is 11.4. The Morgan fingerprint density at radius 1 is 1.21 bits per heavy atom. The monoisotopic (exact) mass is 344 g/mol. The van der Waals surface area contributed by atoms with Gasteiger partial charge in [0.05, 0.1) is 20.3 Å². The summed E-state index contributed by atoms with van der Waals surface area (Å²) in [6.45, 7) is 1.17. The Hall–Kier alpha value is -1.42. The molecule has 8 heteroatoms. The van der Waals surface area contributed by atoms with E-state index in [9.17, 15) is 25.5 Å². The van der Waals surface area contributed by atoms with Crippen LogP contribution < -0.4 is 4.74 Å². The van der Waals surface area contributed by atoms with E-state index in [0.717, 1.165) is 0 Å². The summed E-state index contributed by atoms with van der Waals surface area (Å²) < 4.78 is 16.3. The Morgan fingerprint density at radius 3 is 2.50 bits per heavy atom. The minimum atomic E-state index is -1.57. The van der Waals surface area contributed by atoms with E-state index in [-0.39, 0.29) is 24.5 Å². The topological polar surface area (TPSA) is 129 Å². The van der Waals surface area contributed by atoms with Crippen molar-refractivity contribution in [3.05, 3.63) is 23.8 Å². The van der Waals surface area contributed by atoms with Crippen molar-refractivity contribution in [3.8, 4) is 11.5 Å². The van der Waals surface area contributed by atoms with Gasteiger partial charge in [0.2, 0.25) is 0 Å². The number of phenols is 1. The number of ether oxygens (including phenoxy) is 3. The van der Waals surface area contributed by atoms with Crippen LogP contribution in [0.15, 0.2) is 18.2 Å². The van der Waals surface area contributed by atoms with Crippen LogP contribution in [0.5, 0.6) is 11.5 Å². The van der Waals surface area contributed by atoms with Crippen LogP contribution in [-0.4, -0.2) is 69.5 Å². The fourth-order valence-electron chi connectivity index (χ4n) is 2.74. The molecule has 0 saturated carbocycles. The highest BCUT2D eigenvalue weighted by Crippen LogP contribution is 2.35. The number of hydrogen-bond donors (Lipinski definition) is 5. The van der Waals surface area contributed by atoms with E-state index >= 15 is 0 Å². The molecule has 1 saturated heterocycles. The predicted molar refractivity (Wildman–Crippen MR) is 82.4 cm³/mol. The molecular formula is C16H24O8. The van der Waals surface area contributed by atoms with E-state index in [1.54, 1.807) is 19.1 Å². The molecule has 136 valence electrons. The lowest BCUT2D eigenvalue weighted by Gasteiger charge is -2.47. The van der Waals surface area contributed by atoms with Gasteiger partial charge in [0.25, 0.3) is 0 Å². The standard InChI is InChI=1S/C16H24O8/c1-3-16(15(21)14(20)13(19)12(7-17)24-16)23-8-9-4-5-10(18)11(6-9)22-2/h4-6,12-15,17-21H,3,7-8H2,1-2H3/t12-,13-,14+,15-,16?/m1/s1. The van der Waals surface area contributed by atoms with Crippen LogP contribution >= 0.6 is 0 Å². The number of rotatable bonds is 6. The molecule has 1 unspecified atom stereocenters. The molecule has 1 heterocycles. The summed E-state index contributed by atoms with van der Waals surface area (Å²) in [4.78, 5) is 0. The van der Waals surface area contributed by atoms with Gasteiger partial charge in [-0.2, -0.15) is 0 Å². The average molecular weight is 344 g/mol. The molecule has 0 aromatic heterocycles. The summed E-state index contributed by atoms with van der Waals surface area (Å²) in [6, 6.07) is 4.64. The molecule has 1 aromatic carbocycles. The molecule has 5 atom stereocenters. The number of hydrogen-bond acceptors (Lipinski definition) is 8. The smallest absolute Gasteiger partial charge is 0.197 e. The van der Waals surface area contributed by atoms with Gasteiger partial charge in [-0.3, -0.25) is 0 Å². The van der Waals surface area contributed by atoms with Crippen molar-refractivity contribution in [3.63, 3.8) is 0 Å². The van der Waals surface area contributed by atoms with Gasteiger partial charge in [-0.25, -0.2) is 0 Å². The van der Waals surface area contributed by atoms with Crippen LogP contribution in [0.3, 0.4) is 0 Å². The SMILES string of the molecule is CCC1(OCc2ccc(O)c(OC)c2)O[C@H](CO)[C@@H](O)[C@H](O)[C@H]1O. The number of methoxy groups -OCH3 is 1. The molecule has 0 radical (unpaired) electrons. The fraction of sp³-hybridized carbons (Fsp3) is 0.625. The van der Waals surface area contributed by atoms with Crippen molar-refractivity contribution in [2.24, 2.45) is 0 Å². The van der Waals surface area contributed by atoms with Crippen molar-refractivity contribution in [1.82, 2.24) is 0 Å². The summed E-state index contributed by atoms with van der Waals surface area (Å²) in [5, 5.41) is 49.0. The molecule has 1 aliphatic rings. The van der Waals surface area contributed by atoms with E-state index in [1.165, 1.54) is 13.2 Å². The second-order valence-electron chi connectivity index (χ2n) is 5.73. The van der Waals surface area contributed by atoms with Gasteiger partial charge in [-0.15, -0.1) is 0 Å². The van der Waals surface area contributed by atoms with Crippen molar-refractivity contribution >= 4 is 0 Å². The first-order valence-electron chi connectivity index (χ1n) is 7.71. The molecule has 24 heavy (non-hydrogen) atoms. The first-order valence-corrected chi connectivity index (χ1v) is 7.71. The van der Waals surface area contributed by atoms with Crippen molar-refractivity contribution < 1.29 is 39.7 Å². The first kappa shape index (κ1) is 18.9. The normalized spacial score (nSPS) is 33.4. The summed E-state index contributed by atoms with van der Waals surface area (Å²) >= 11 is 0. The highest BCUT2D eigenvalue weighted by atomic mass is 16.7. The summed E-state index contributed by atoms with van der Waals surface area (Å²) in [5.74, 6) is -1.31. The van der Waals surface area contributed by atoms with Crippen molar-refractivity contribution in [2.45, 2.75) is 50.2 Å². The second-order valence-corrected chi connectivity index (χ2v) is 5.73. The van der Waals surface area contributed by atoms with Crippen LogP contribution in [0.4, 0.5) is 0 Å². The number of phenolic OH excluding ortho intramolecular Hbond substituents is 1. The number of aromatic hydroxyl groups is 1. The zero-order valence-electron chi connectivity index (χ0n) is 13.6. The van der Waals surface area contributed by atoms with E-state index in [1.807, 2.05) is 0 Å². The quantitative estimate of drug-likeness (QED) is 0.467. The lowest BCUT2D eigenvalue weighted by atomic mass is 9.91. The Morgan fingerprint density at radius 2 is 1.92 bits per heavy atom. The third-order valence-corrected chi connectivity index (χ3v) is 4.26. The van der Waals surface area contributed by atoms with Crippen LogP contribution in [0.25, 0.3) is 0 Å². The molecule has 0 amide bonds. The fourth-order valence-corrected chi connectivity index (χ4v) is 2.74. The lowest BCUT2D eigenvalue weighted by molar-refractivity contribution is -0.368. The zero-order chi connectivity index (χ0) is 17.9. The Bertz CT molecular complexity index is 549.